The highest BCUT2D eigenvalue weighted by atomic mass is 19.4. The summed E-state index contributed by atoms with van der Waals surface area (Å²) in [6.45, 7) is 11.0. The molecular formula is C35H51F3N4O8. The predicted molar refractivity (Wildman–Crippen MR) is 177 cm³/mol. The first-order valence-electron chi connectivity index (χ1n) is 17.0. The fourth-order valence-corrected chi connectivity index (χ4v) is 5.54. The number of ether oxygens (including phenoxy) is 1. The van der Waals surface area contributed by atoms with Crippen molar-refractivity contribution in [2.75, 3.05) is 0 Å². The van der Waals surface area contributed by atoms with Crippen LogP contribution < -0.4 is 21.3 Å². The van der Waals surface area contributed by atoms with Crippen LogP contribution in [0, 0.1) is 17.8 Å². The molecule has 0 spiro atoms. The van der Waals surface area contributed by atoms with E-state index in [4.69, 9.17) is 4.74 Å². The van der Waals surface area contributed by atoms with E-state index in [1.54, 1.807) is 0 Å². The number of aryl methyl sites for hydroxylation is 1. The first kappa shape index (κ1) is 42.0. The maximum atomic E-state index is 13.6. The van der Waals surface area contributed by atoms with Crippen molar-refractivity contribution in [1.82, 2.24) is 21.3 Å². The molecule has 1 aromatic rings. The maximum absolute atomic E-state index is 13.6. The van der Waals surface area contributed by atoms with Gasteiger partial charge in [0.15, 0.2) is 0 Å². The van der Waals surface area contributed by atoms with Crippen LogP contribution in [0.25, 0.3) is 0 Å². The van der Waals surface area contributed by atoms with E-state index < -0.39 is 90.4 Å². The first-order chi connectivity index (χ1) is 23.2. The second-order valence-corrected chi connectivity index (χ2v) is 14.1. The third-order valence-electron chi connectivity index (χ3n) is 8.02. The molecule has 1 heterocycles. The van der Waals surface area contributed by atoms with Gasteiger partial charge >= 0.3 is 18.1 Å². The summed E-state index contributed by atoms with van der Waals surface area (Å²) in [5.41, 5.74) is -0.354. The Morgan fingerprint density at radius 2 is 1.20 bits per heavy atom. The quantitative estimate of drug-likeness (QED) is 0.203. The molecule has 0 saturated carbocycles. The van der Waals surface area contributed by atoms with Gasteiger partial charge in [-0.1, -0.05) is 53.7 Å². The minimum atomic E-state index is -4.53. The predicted octanol–water partition coefficient (Wildman–Crippen LogP) is 3.90. The molecule has 0 aromatic heterocycles. The lowest BCUT2D eigenvalue weighted by atomic mass is 9.98. The summed E-state index contributed by atoms with van der Waals surface area (Å²) in [7, 11) is 0. The first-order valence-corrected chi connectivity index (χ1v) is 17.0. The largest absolute Gasteiger partial charge is 0.481 e. The number of esters is 1. The third kappa shape index (κ3) is 14.8. The van der Waals surface area contributed by atoms with Gasteiger partial charge in [-0.2, -0.15) is 13.2 Å². The zero-order chi connectivity index (χ0) is 37.8. The van der Waals surface area contributed by atoms with Crippen molar-refractivity contribution in [2.45, 2.75) is 129 Å². The van der Waals surface area contributed by atoms with Gasteiger partial charge in [-0.25, -0.2) is 4.79 Å². The Hall–Kier alpha value is -4.17. The topological polar surface area (TPSA) is 180 Å². The Morgan fingerprint density at radius 1 is 0.740 bits per heavy atom. The van der Waals surface area contributed by atoms with Crippen LogP contribution in [0.2, 0.25) is 0 Å². The van der Waals surface area contributed by atoms with Crippen molar-refractivity contribution in [3.63, 3.8) is 0 Å². The molecule has 4 amide bonds. The van der Waals surface area contributed by atoms with E-state index in [0.29, 0.717) is 5.56 Å². The fraction of sp³-hybridized carbons (Fsp3) is 0.657. The van der Waals surface area contributed by atoms with E-state index in [0.717, 1.165) is 12.1 Å². The lowest BCUT2D eigenvalue weighted by Gasteiger charge is -2.29. The summed E-state index contributed by atoms with van der Waals surface area (Å²) >= 11 is 0. The monoisotopic (exact) mass is 712 g/mol. The third-order valence-corrected chi connectivity index (χ3v) is 8.02. The van der Waals surface area contributed by atoms with Crippen LogP contribution in [0.15, 0.2) is 24.3 Å². The van der Waals surface area contributed by atoms with Gasteiger partial charge in [0, 0.05) is 6.42 Å². The van der Waals surface area contributed by atoms with Crippen LogP contribution in [0.3, 0.4) is 0 Å². The smallest absolute Gasteiger partial charge is 0.416 e. The zero-order valence-corrected chi connectivity index (χ0v) is 29.5. The summed E-state index contributed by atoms with van der Waals surface area (Å²) in [5.74, 6) is -5.19. The van der Waals surface area contributed by atoms with Gasteiger partial charge in [-0.15, -0.1) is 0 Å². The van der Waals surface area contributed by atoms with E-state index in [1.807, 2.05) is 41.5 Å². The molecule has 2 rings (SSSR count). The van der Waals surface area contributed by atoms with Crippen molar-refractivity contribution in [3.05, 3.63) is 35.4 Å². The number of cyclic esters (lactones) is 1. The van der Waals surface area contributed by atoms with Gasteiger partial charge in [0.2, 0.25) is 23.6 Å². The fourth-order valence-electron chi connectivity index (χ4n) is 5.54. The molecule has 1 aromatic carbocycles. The number of alkyl halides is 3. The number of carboxylic acids is 1. The Morgan fingerprint density at radius 3 is 1.66 bits per heavy atom. The van der Waals surface area contributed by atoms with Crippen LogP contribution in [-0.2, 0) is 46.1 Å². The van der Waals surface area contributed by atoms with E-state index in [1.165, 1.54) is 12.1 Å². The van der Waals surface area contributed by atoms with Crippen molar-refractivity contribution in [3.8, 4) is 0 Å². The van der Waals surface area contributed by atoms with Crippen LogP contribution in [0.5, 0.6) is 0 Å². The highest BCUT2D eigenvalue weighted by Crippen LogP contribution is 2.29. The minimum absolute atomic E-state index is 0.00134. The van der Waals surface area contributed by atoms with Crippen molar-refractivity contribution in [2.24, 2.45) is 17.8 Å². The number of carboxylic acid groups (broad SMARTS) is 1. The molecule has 1 fully saturated rings. The molecular weight excluding hydrogens is 661 g/mol. The second-order valence-electron chi connectivity index (χ2n) is 14.1. The lowest BCUT2D eigenvalue weighted by molar-refractivity contribution is -0.155. The number of hydrogen-bond acceptors (Lipinski definition) is 7. The molecule has 5 atom stereocenters. The normalized spacial score (nSPS) is 23.3. The van der Waals surface area contributed by atoms with Crippen molar-refractivity contribution in [1.29, 1.82) is 0 Å². The van der Waals surface area contributed by atoms with Crippen LogP contribution in [0.4, 0.5) is 13.2 Å². The second kappa shape index (κ2) is 19.3. The molecule has 50 heavy (non-hydrogen) atoms. The minimum Gasteiger partial charge on any atom is -0.481 e. The summed E-state index contributed by atoms with van der Waals surface area (Å²) in [4.78, 5) is 79.0. The average molecular weight is 713 g/mol. The Kier molecular flexibility index (Phi) is 16.2. The average Bonchev–Trinajstić information content (AvgIpc) is 2.99. The zero-order valence-electron chi connectivity index (χ0n) is 29.5. The Balaban J connectivity index is 2.53. The molecule has 12 nitrogen and oxygen atoms in total. The molecule has 0 bridgehead atoms. The molecule has 0 radical (unpaired) electrons. The molecule has 0 aliphatic carbocycles. The number of rotatable bonds is 12. The number of carbonyl (C=O) groups is 6. The van der Waals surface area contributed by atoms with Crippen LogP contribution in [0.1, 0.15) is 97.6 Å². The van der Waals surface area contributed by atoms with Gasteiger partial charge in [-0.3, -0.25) is 24.0 Å². The van der Waals surface area contributed by atoms with Crippen LogP contribution >= 0.6 is 0 Å². The van der Waals surface area contributed by atoms with Crippen molar-refractivity contribution < 1.29 is 51.8 Å². The molecule has 5 N–H and O–H groups in total. The number of carbonyl (C=O) groups excluding carboxylic acids is 5. The van der Waals surface area contributed by atoms with Gasteiger partial charge in [0.25, 0.3) is 0 Å². The van der Waals surface area contributed by atoms with E-state index in [9.17, 15) is 47.0 Å². The van der Waals surface area contributed by atoms with Gasteiger partial charge in [-0.05, 0) is 74.0 Å². The van der Waals surface area contributed by atoms with Crippen molar-refractivity contribution >= 4 is 35.6 Å². The molecule has 280 valence electrons. The van der Waals surface area contributed by atoms with E-state index in [2.05, 4.69) is 21.3 Å². The highest BCUT2D eigenvalue weighted by molar-refractivity contribution is 5.95. The number of amides is 4. The van der Waals surface area contributed by atoms with Gasteiger partial charge in [0.1, 0.15) is 30.3 Å². The Bertz CT molecular complexity index is 1330. The standard InChI is InChI=1S/C35H51F3N4O8/c1-19(2)15-26-32(47)41-27(16-20(3)4)33(48)42-28(17-21(5)6)34(49)50-24(12-9-22-7-10-23(11-8-22)35(36,37)38)18-29(43)39-25(31(46)40-26)13-14-30(44)45/h7-8,10-11,19-21,24-28H,9,12-18H2,1-6H3,(H,39,43)(H,40,46)(H,41,47)(H,42,48)(H,44,45)/t24-,25+,26+,27-,28+/m1/s1. The van der Waals surface area contributed by atoms with Gasteiger partial charge in [0.05, 0.1) is 12.0 Å². The SMILES string of the molecule is CC(C)C[C@@H]1NC(=O)[C@H](CCC(=O)O)NC(=O)C[C@@H](CCc2ccc(C(F)(F)F)cc2)OC(=O)[C@H](CC(C)C)NC(=O)[C@@H](CC(C)C)NC1=O. The van der Waals surface area contributed by atoms with E-state index >= 15 is 0 Å². The lowest BCUT2D eigenvalue weighted by Crippen LogP contribution is -2.58. The molecule has 15 heteroatoms. The summed E-state index contributed by atoms with van der Waals surface area (Å²) in [5, 5.41) is 19.8. The highest BCUT2D eigenvalue weighted by Gasteiger charge is 2.35. The maximum Gasteiger partial charge on any atom is 0.416 e. The molecule has 1 saturated heterocycles. The Labute approximate surface area is 291 Å². The van der Waals surface area contributed by atoms with Crippen LogP contribution in [-0.4, -0.2) is 70.9 Å². The molecule has 0 unspecified atom stereocenters. The summed E-state index contributed by atoms with van der Waals surface area (Å²) in [6.07, 6.45) is -6.28. The van der Waals surface area contributed by atoms with Gasteiger partial charge < -0.3 is 31.1 Å². The number of aliphatic carboxylic acids is 1. The number of halogens is 3. The number of nitrogens with one attached hydrogen (secondary N) is 4. The number of hydrogen-bond donors (Lipinski definition) is 5. The molecule has 1 aliphatic rings. The van der Waals surface area contributed by atoms with E-state index in [-0.39, 0.29) is 56.3 Å². The number of benzene rings is 1. The molecule has 1 aliphatic heterocycles. The summed E-state index contributed by atoms with van der Waals surface area (Å²) < 4.78 is 45.0. The summed E-state index contributed by atoms with van der Waals surface area (Å²) in [6, 6.07) is -0.331.